The molecule has 47 heavy (non-hydrogen) atoms. The predicted molar refractivity (Wildman–Crippen MR) is 182 cm³/mol. The number of carbonyl (C=O) groups excluding carboxylic acids is 2. The highest BCUT2D eigenvalue weighted by atomic mass is 35.5. The van der Waals surface area contributed by atoms with Gasteiger partial charge in [-0.15, -0.1) is 0 Å². The van der Waals surface area contributed by atoms with Crippen molar-refractivity contribution in [1.29, 1.82) is 0 Å². The maximum Gasteiger partial charge on any atom is 0.338 e. The topological polar surface area (TPSA) is 90.2 Å². The van der Waals surface area contributed by atoms with Crippen LogP contribution in [0, 0.1) is 0 Å². The molecular formula is C37H28ClN3O5S. The number of hydrogen-bond acceptors (Lipinski definition) is 7. The first kappa shape index (κ1) is 30.4. The van der Waals surface area contributed by atoms with E-state index in [4.69, 9.17) is 26.1 Å². The summed E-state index contributed by atoms with van der Waals surface area (Å²) >= 11 is 7.63. The number of methoxy groups -OCH3 is 1. The lowest BCUT2D eigenvalue weighted by Crippen LogP contribution is -2.41. The molecule has 1 atom stereocenters. The maximum atomic E-state index is 14.7. The normalized spacial score (nSPS) is 16.4. The van der Waals surface area contributed by atoms with E-state index in [-0.39, 0.29) is 22.6 Å². The van der Waals surface area contributed by atoms with Crippen molar-refractivity contribution in [3.05, 3.63) is 156 Å². The van der Waals surface area contributed by atoms with Gasteiger partial charge >= 0.3 is 5.97 Å². The minimum Gasteiger partial charge on any atom is -0.496 e. The minimum absolute atomic E-state index is 0.112. The average molecular weight is 662 g/mol. The largest absolute Gasteiger partial charge is 0.496 e. The van der Waals surface area contributed by atoms with Crippen molar-refractivity contribution in [1.82, 2.24) is 4.57 Å². The van der Waals surface area contributed by atoms with Gasteiger partial charge in [0.05, 0.1) is 42.8 Å². The number of aromatic nitrogens is 1. The molecule has 5 aromatic rings. The van der Waals surface area contributed by atoms with Crippen LogP contribution >= 0.6 is 22.9 Å². The number of rotatable bonds is 7. The number of esters is 1. The van der Waals surface area contributed by atoms with Crippen molar-refractivity contribution < 1.29 is 19.1 Å². The zero-order valence-corrected chi connectivity index (χ0v) is 27.0. The number of halogens is 1. The number of benzene rings is 4. The van der Waals surface area contributed by atoms with Crippen LogP contribution in [0.1, 0.15) is 35.2 Å². The third-order valence-corrected chi connectivity index (χ3v) is 9.46. The molecule has 3 heterocycles. The van der Waals surface area contributed by atoms with Crippen LogP contribution in [0.2, 0.25) is 5.02 Å². The van der Waals surface area contributed by atoms with Gasteiger partial charge in [0.15, 0.2) is 4.80 Å². The lowest BCUT2D eigenvalue weighted by Gasteiger charge is -2.27. The summed E-state index contributed by atoms with van der Waals surface area (Å²) in [7, 11) is 1.51. The molecule has 0 fully saturated rings. The highest BCUT2D eigenvalue weighted by Gasteiger charge is 2.39. The molecule has 1 amide bonds. The average Bonchev–Trinajstić information content (AvgIpc) is 3.56. The van der Waals surface area contributed by atoms with E-state index in [9.17, 15) is 14.4 Å². The Morgan fingerprint density at radius 1 is 0.936 bits per heavy atom. The Morgan fingerprint density at radius 3 is 2.36 bits per heavy atom. The monoisotopic (exact) mass is 661 g/mol. The first-order valence-electron chi connectivity index (χ1n) is 15.0. The molecule has 0 N–H and O–H groups in total. The Bertz CT molecular complexity index is 2260. The summed E-state index contributed by atoms with van der Waals surface area (Å²) in [5, 5.41) is 0.392. The first-order valence-corrected chi connectivity index (χ1v) is 16.2. The van der Waals surface area contributed by atoms with Crippen molar-refractivity contribution in [3.63, 3.8) is 0 Å². The van der Waals surface area contributed by atoms with Crippen molar-refractivity contribution in [2.24, 2.45) is 4.99 Å². The fourth-order valence-corrected chi connectivity index (χ4v) is 7.40. The molecule has 0 bridgehead atoms. The van der Waals surface area contributed by atoms with Gasteiger partial charge in [-0.2, -0.15) is 0 Å². The summed E-state index contributed by atoms with van der Waals surface area (Å²) in [5.41, 5.74) is 3.82. The Kier molecular flexibility index (Phi) is 8.09. The van der Waals surface area contributed by atoms with Crippen molar-refractivity contribution in [2.75, 3.05) is 18.6 Å². The number of ether oxygens (including phenoxy) is 2. The molecule has 0 saturated carbocycles. The van der Waals surface area contributed by atoms with Gasteiger partial charge in [0, 0.05) is 21.7 Å². The van der Waals surface area contributed by atoms with Gasteiger partial charge in [0.2, 0.25) is 0 Å². The molecule has 8 nitrogen and oxygen atoms in total. The molecule has 7 rings (SSSR count). The van der Waals surface area contributed by atoms with E-state index in [0.29, 0.717) is 55.8 Å². The quantitative estimate of drug-likeness (QED) is 0.215. The molecule has 234 valence electrons. The van der Waals surface area contributed by atoms with Crippen molar-refractivity contribution >= 4 is 51.8 Å². The number of amides is 1. The molecule has 4 aromatic carbocycles. The molecule has 1 aromatic heterocycles. The molecule has 10 heteroatoms. The van der Waals surface area contributed by atoms with E-state index in [0.717, 1.165) is 16.9 Å². The SMILES string of the molecule is CCOC(=O)C1=C(c2ccccc2)N=c2s/c(=C3/C(=O)N(Cc4ccccc4)c4ccccc43)c(=O)n2[C@H]1c1cc(Cl)ccc1OC. The standard InChI is InChI=1S/C37H28ClN3O5S/c1-3-46-36(44)30-31(23-14-8-5-9-15-23)39-37-41(32(30)26-20-24(38)18-19-28(26)45-2)35(43)33(47-37)29-25-16-10-11-17-27(25)40(34(29)42)21-22-12-6-4-7-13-22/h4-20,32H,3,21H2,1-2H3/b33-29+/t32-/m0/s1. The maximum absolute atomic E-state index is 14.7. The summed E-state index contributed by atoms with van der Waals surface area (Å²) in [6.07, 6.45) is 0. The van der Waals surface area contributed by atoms with Crippen LogP contribution in [0.4, 0.5) is 5.69 Å². The zero-order valence-electron chi connectivity index (χ0n) is 25.5. The lowest BCUT2D eigenvalue weighted by molar-refractivity contribution is -0.138. The second-order valence-electron chi connectivity index (χ2n) is 10.9. The summed E-state index contributed by atoms with van der Waals surface area (Å²) in [4.78, 5) is 49.8. The third-order valence-electron chi connectivity index (χ3n) is 8.17. The van der Waals surface area contributed by atoms with Crippen LogP contribution in [0.3, 0.4) is 0 Å². The number of anilines is 1. The molecule has 2 aliphatic rings. The molecule has 0 unspecified atom stereocenters. The van der Waals surface area contributed by atoms with Crippen molar-refractivity contribution in [2.45, 2.75) is 19.5 Å². The van der Waals surface area contributed by atoms with Crippen LogP contribution in [-0.2, 0) is 20.9 Å². The van der Waals surface area contributed by atoms with E-state index in [2.05, 4.69) is 0 Å². The summed E-state index contributed by atoms with van der Waals surface area (Å²) in [6, 6.07) is 30.4. The zero-order chi connectivity index (χ0) is 32.7. The van der Waals surface area contributed by atoms with Gasteiger partial charge in [-0.05, 0) is 36.8 Å². The van der Waals surface area contributed by atoms with E-state index >= 15 is 0 Å². The van der Waals surface area contributed by atoms with Gasteiger partial charge < -0.3 is 14.4 Å². The molecule has 0 spiro atoms. The second kappa shape index (κ2) is 12.5. The lowest BCUT2D eigenvalue weighted by atomic mass is 9.92. The van der Waals surface area contributed by atoms with E-state index in [1.165, 1.54) is 11.7 Å². The van der Waals surface area contributed by atoms with Crippen LogP contribution < -0.4 is 24.5 Å². The highest BCUT2D eigenvalue weighted by molar-refractivity contribution is 7.07. The third kappa shape index (κ3) is 5.27. The van der Waals surface area contributed by atoms with Crippen LogP contribution in [-0.4, -0.2) is 30.2 Å². The minimum atomic E-state index is -1.02. The smallest absolute Gasteiger partial charge is 0.338 e. The first-order chi connectivity index (χ1) is 22.9. The van der Waals surface area contributed by atoms with E-state index in [1.54, 1.807) is 30.0 Å². The predicted octanol–water partition coefficient (Wildman–Crippen LogP) is 5.51. The summed E-state index contributed by atoms with van der Waals surface area (Å²) in [5.74, 6) is -0.494. The van der Waals surface area contributed by atoms with Gasteiger partial charge in [-0.25, -0.2) is 9.79 Å². The number of hydrogen-bond donors (Lipinski definition) is 0. The number of carbonyl (C=O) groups is 2. The molecule has 0 radical (unpaired) electrons. The number of nitrogens with zero attached hydrogens (tertiary/aromatic N) is 3. The van der Waals surface area contributed by atoms with Gasteiger partial charge in [-0.1, -0.05) is 102 Å². The Balaban J connectivity index is 1.54. The fourth-order valence-electron chi connectivity index (χ4n) is 6.13. The van der Waals surface area contributed by atoms with Crippen LogP contribution in [0.15, 0.2) is 118 Å². The fraction of sp³-hybridized carbons (Fsp3) is 0.135. The Morgan fingerprint density at radius 2 is 1.64 bits per heavy atom. The van der Waals surface area contributed by atoms with E-state index < -0.39 is 17.6 Å². The highest BCUT2D eigenvalue weighted by Crippen LogP contribution is 2.40. The van der Waals surface area contributed by atoms with Gasteiger partial charge in [0.25, 0.3) is 11.5 Å². The van der Waals surface area contributed by atoms with Gasteiger partial charge in [-0.3, -0.25) is 14.2 Å². The Labute approximate surface area is 279 Å². The van der Waals surface area contributed by atoms with E-state index in [1.807, 2.05) is 84.9 Å². The number of fused-ring (bicyclic) bond motifs is 2. The van der Waals surface area contributed by atoms with Crippen molar-refractivity contribution in [3.8, 4) is 5.75 Å². The molecular weight excluding hydrogens is 634 g/mol. The second-order valence-corrected chi connectivity index (χ2v) is 12.3. The number of para-hydroxylation sites is 1. The molecule has 0 aliphatic carbocycles. The summed E-state index contributed by atoms with van der Waals surface area (Å²) < 4.78 is 13.0. The van der Waals surface area contributed by atoms with Crippen LogP contribution in [0.25, 0.3) is 11.3 Å². The number of thiazole rings is 1. The van der Waals surface area contributed by atoms with Crippen LogP contribution in [0.5, 0.6) is 5.75 Å². The Hall–Kier alpha value is -5.25. The molecule has 0 saturated heterocycles. The summed E-state index contributed by atoms with van der Waals surface area (Å²) in [6.45, 7) is 2.17. The van der Waals surface area contributed by atoms with Gasteiger partial charge in [0.1, 0.15) is 16.3 Å². The molecule has 2 aliphatic heterocycles.